The molecule has 0 bridgehead atoms. The number of hydrogen-bond acceptors (Lipinski definition) is 3. The van der Waals surface area contributed by atoms with Gasteiger partial charge in [-0.2, -0.15) is 0 Å². The molecular weight excluding hydrogens is 278 g/mol. The minimum atomic E-state index is -0.0541. The third-order valence-electron chi connectivity index (χ3n) is 3.80. The molecule has 0 saturated heterocycles. The number of ether oxygens (including phenoxy) is 1. The van der Waals surface area contributed by atoms with E-state index in [4.69, 9.17) is 4.74 Å². The second-order valence-corrected chi connectivity index (χ2v) is 6.77. The SMILES string of the molecule is CCCC1(OC(CCNCC)c2ccccc2)CC=CS1. The summed E-state index contributed by atoms with van der Waals surface area (Å²) < 4.78 is 6.63. The van der Waals surface area contributed by atoms with Gasteiger partial charge in [-0.3, -0.25) is 0 Å². The molecule has 0 aromatic heterocycles. The van der Waals surface area contributed by atoms with Crippen LogP contribution in [0, 0.1) is 0 Å². The molecule has 2 atom stereocenters. The van der Waals surface area contributed by atoms with Gasteiger partial charge in [-0.15, -0.1) is 0 Å². The van der Waals surface area contributed by atoms with E-state index < -0.39 is 0 Å². The van der Waals surface area contributed by atoms with Gasteiger partial charge < -0.3 is 10.1 Å². The molecule has 0 amide bonds. The van der Waals surface area contributed by atoms with Crippen molar-refractivity contribution >= 4 is 11.8 Å². The van der Waals surface area contributed by atoms with Gasteiger partial charge in [0, 0.05) is 6.42 Å². The highest BCUT2D eigenvalue weighted by molar-refractivity contribution is 8.03. The van der Waals surface area contributed by atoms with Crippen LogP contribution < -0.4 is 5.32 Å². The van der Waals surface area contributed by atoms with E-state index in [-0.39, 0.29) is 11.0 Å². The van der Waals surface area contributed by atoms with Crippen molar-refractivity contribution in [3.63, 3.8) is 0 Å². The highest BCUT2D eigenvalue weighted by atomic mass is 32.2. The van der Waals surface area contributed by atoms with Crippen molar-refractivity contribution in [3.8, 4) is 0 Å². The quantitative estimate of drug-likeness (QED) is 0.656. The van der Waals surface area contributed by atoms with E-state index in [1.807, 2.05) is 11.8 Å². The maximum absolute atomic E-state index is 6.63. The van der Waals surface area contributed by atoms with Gasteiger partial charge in [0.2, 0.25) is 0 Å². The summed E-state index contributed by atoms with van der Waals surface area (Å²) in [6.07, 6.45) is 6.72. The standard InChI is InChI=1S/C18H27NOS/c1-3-12-18(13-8-15-21-18)20-17(11-14-19-4-2)16-9-6-5-7-10-16/h5-10,15,17,19H,3-4,11-14H2,1-2H3. The molecule has 1 aromatic rings. The summed E-state index contributed by atoms with van der Waals surface area (Å²) in [6, 6.07) is 10.6. The van der Waals surface area contributed by atoms with Crippen molar-refractivity contribution in [1.29, 1.82) is 0 Å². The van der Waals surface area contributed by atoms with Crippen LogP contribution in [0.4, 0.5) is 0 Å². The van der Waals surface area contributed by atoms with Gasteiger partial charge in [-0.1, -0.05) is 68.4 Å². The van der Waals surface area contributed by atoms with Crippen LogP contribution in [-0.4, -0.2) is 18.0 Å². The van der Waals surface area contributed by atoms with Crippen molar-refractivity contribution in [2.45, 2.75) is 50.6 Å². The molecule has 116 valence electrons. The minimum Gasteiger partial charge on any atom is -0.356 e. The Kier molecular flexibility index (Phi) is 6.81. The lowest BCUT2D eigenvalue weighted by atomic mass is 10.0. The summed E-state index contributed by atoms with van der Waals surface area (Å²) >= 11 is 1.85. The monoisotopic (exact) mass is 305 g/mol. The zero-order valence-corrected chi connectivity index (χ0v) is 14.0. The summed E-state index contributed by atoms with van der Waals surface area (Å²) in [4.78, 5) is -0.0541. The molecule has 0 aliphatic carbocycles. The Bertz CT molecular complexity index is 424. The molecule has 1 aliphatic rings. The van der Waals surface area contributed by atoms with Crippen molar-refractivity contribution in [2.24, 2.45) is 0 Å². The Morgan fingerprint density at radius 1 is 1.29 bits per heavy atom. The Morgan fingerprint density at radius 2 is 2.10 bits per heavy atom. The Morgan fingerprint density at radius 3 is 2.71 bits per heavy atom. The van der Waals surface area contributed by atoms with E-state index in [0.29, 0.717) is 0 Å². The molecule has 0 radical (unpaired) electrons. The molecule has 21 heavy (non-hydrogen) atoms. The smallest absolute Gasteiger partial charge is 0.121 e. The molecule has 2 unspecified atom stereocenters. The zero-order valence-electron chi connectivity index (χ0n) is 13.2. The second-order valence-electron chi connectivity index (χ2n) is 5.51. The van der Waals surface area contributed by atoms with Crippen molar-refractivity contribution < 1.29 is 4.74 Å². The van der Waals surface area contributed by atoms with Crippen LogP contribution in [0.2, 0.25) is 0 Å². The molecule has 1 N–H and O–H groups in total. The minimum absolute atomic E-state index is 0.0541. The lowest BCUT2D eigenvalue weighted by Gasteiger charge is -2.33. The summed E-state index contributed by atoms with van der Waals surface area (Å²) in [5, 5.41) is 5.61. The van der Waals surface area contributed by atoms with E-state index >= 15 is 0 Å². The maximum Gasteiger partial charge on any atom is 0.121 e. The van der Waals surface area contributed by atoms with E-state index in [9.17, 15) is 0 Å². The summed E-state index contributed by atoms with van der Waals surface area (Å²) in [5.74, 6) is 0. The van der Waals surface area contributed by atoms with Crippen LogP contribution >= 0.6 is 11.8 Å². The van der Waals surface area contributed by atoms with E-state index in [1.54, 1.807) is 0 Å². The number of thioether (sulfide) groups is 1. The number of benzene rings is 1. The highest BCUT2D eigenvalue weighted by Crippen LogP contribution is 2.45. The fraction of sp³-hybridized carbons (Fsp3) is 0.556. The summed E-state index contributed by atoms with van der Waals surface area (Å²) in [5.41, 5.74) is 1.29. The molecule has 1 aromatic carbocycles. The van der Waals surface area contributed by atoms with Gasteiger partial charge in [-0.25, -0.2) is 0 Å². The fourth-order valence-corrected chi connectivity index (χ4v) is 3.88. The first-order valence-corrected chi connectivity index (χ1v) is 8.94. The first-order chi connectivity index (χ1) is 10.3. The van der Waals surface area contributed by atoms with Gasteiger partial charge in [0.05, 0.1) is 6.10 Å². The molecule has 3 heteroatoms. The van der Waals surface area contributed by atoms with Gasteiger partial charge in [0.15, 0.2) is 0 Å². The number of rotatable bonds is 9. The van der Waals surface area contributed by atoms with Gasteiger partial charge >= 0.3 is 0 Å². The van der Waals surface area contributed by atoms with Crippen molar-refractivity contribution in [2.75, 3.05) is 13.1 Å². The Balaban J connectivity index is 2.07. The van der Waals surface area contributed by atoms with E-state index in [1.165, 1.54) is 5.56 Å². The molecule has 2 nitrogen and oxygen atoms in total. The Labute approximate surface area is 133 Å². The van der Waals surface area contributed by atoms with Gasteiger partial charge in [-0.05, 0) is 36.9 Å². The number of hydrogen-bond donors (Lipinski definition) is 1. The molecule has 0 spiro atoms. The predicted molar refractivity (Wildman–Crippen MR) is 92.4 cm³/mol. The molecular formula is C18H27NOS. The highest BCUT2D eigenvalue weighted by Gasteiger charge is 2.35. The molecule has 0 fully saturated rings. The molecule has 0 saturated carbocycles. The predicted octanol–water partition coefficient (Wildman–Crippen LogP) is 4.89. The first-order valence-electron chi connectivity index (χ1n) is 8.06. The van der Waals surface area contributed by atoms with Crippen LogP contribution in [0.25, 0.3) is 0 Å². The van der Waals surface area contributed by atoms with Gasteiger partial charge in [0.1, 0.15) is 4.93 Å². The first kappa shape index (κ1) is 16.6. The lowest BCUT2D eigenvalue weighted by molar-refractivity contribution is -0.0418. The zero-order chi connectivity index (χ0) is 15.0. The van der Waals surface area contributed by atoms with Crippen LogP contribution in [0.5, 0.6) is 0 Å². The largest absolute Gasteiger partial charge is 0.356 e. The van der Waals surface area contributed by atoms with Crippen LogP contribution in [0.3, 0.4) is 0 Å². The third kappa shape index (κ3) is 4.87. The topological polar surface area (TPSA) is 21.3 Å². The maximum atomic E-state index is 6.63. The second kappa shape index (κ2) is 8.62. The third-order valence-corrected chi connectivity index (χ3v) is 5.03. The average Bonchev–Trinajstić information content (AvgIpc) is 2.96. The number of nitrogens with one attached hydrogen (secondary N) is 1. The molecule has 1 heterocycles. The fourth-order valence-electron chi connectivity index (χ4n) is 2.76. The summed E-state index contributed by atoms with van der Waals surface area (Å²) in [7, 11) is 0. The van der Waals surface area contributed by atoms with E-state index in [0.717, 1.165) is 38.8 Å². The van der Waals surface area contributed by atoms with Crippen LogP contribution in [0.1, 0.15) is 51.2 Å². The molecule has 2 rings (SSSR count). The van der Waals surface area contributed by atoms with E-state index in [2.05, 4.69) is 61.0 Å². The molecule has 1 aliphatic heterocycles. The average molecular weight is 305 g/mol. The van der Waals surface area contributed by atoms with Crippen LogP contribution in [-0.2, 0) is 4.74 Å². The van der Waals surface area contributed by atoms with Crippen LogP contribution in [0.15, 0.2) is 41.8 Å². The van der Waals surface area contributed by atoms with Gasteiger partial charge in [0.25, 0.3) is 0 Å². The lowest BCUT2D eigenvalue weighted by Crippen LogP contribution is -2.29. The summed E-state index contributed by atoms with van der Waals surface area (Å²) in [6.45, 7) is 6.39. The Hall–Kier alpha value is -0.770. The van der Waals surface area contributed by atoms with Crippen molar-refractivity contribution in [3.05, 3.63) is 47.4 Å². The van der Waals surface area contributed by atoms with Crippen molar-refractivity contribution in [1.82, 2.24) is 5.32 Å². The normalized spacial score (nSPS) is 22.6.